The molecule has 1 saturated heterocycles. The van der Waals surface area contributed by atoms with Crippen LogP contribution < -0.4 is 10.6 Å². The third-order valence-corrected chi connectivity index (χ3v) is 3.58. The van der Waals surface area contributed by atoms with Crippen LogP contribution in [0.1, 0.15) is 37.8 Å². The molecule has 2 N–H and O–H groups in total. The normalized spacial score (nSPS) is 21.4. The van der Waals surface area contributed by atoms with E-state index in [0.29, 0.717) is 0 Å². The van der Waals surface area contributed by atoms with Crippen LogP contribution >= 0.6 is 11.6 Å². The fourth-order valence-electron chi connectivity index (χ4n) is 2.35. The van der Waals surface area contributed by atoms with Gasteiger partial charge in [0.15, 0.2) is 0 Å². The van der Waals surface area contributed by atoms with Crippen molar-refractivity contribution in [3.63, 3.8) is 0 Å². The zero-order valence-electron chi connectivity index (χ0n) is 10.6. The number of hydrogen-bond donors (Lipinski definition) is 2. The predicted molar refractivity (Wildman–Crippen MR) is 73.7 cm³/mol. The molecule has 4 heteroatoms. The fourth-order valence-corrected chi connectivity index (χ4v) is 2.55. The topological polar surface area (TPSA) is 41.1 Å². The number of rotatable bonds is 4. The maximum atomic E-state index is 11.7. The number of hydrogen-bond acceptors (Lipinski definition) is 2. The number of carbonyl (C=O) groups is 1. The monoisotopic (exact) mass is 266 g/mol. The largest absolute Gasteiger partial charge is 0.355 e. The van der Waals surface area contributed by atoms with Crippen LogP contribution in [0.2, 0.25) is 5.02 Å². The summed E-state index contributed by atoms with van der Waals surface area (Å²) in [6, 6.07) is 7.92. The van der Waals surface area contributed by atoms with Crippen LogP contribution in [-0.4, -0.2) is 18.5 Å². The van der Waals surface area contributed by atoms with Crippen molar-refractivity contribution in [3.8, 4) is 0 Å². The molecule has 1 aromatic carbocycles. The van der Waals surface area contributed by atoms with Crippen molar-refractivity contribution in [1.29, 1.82) is 0 Å². The number of benzene rings is 1. The second-order valence-electron chi connectivity index (χ2n) is 4.67. The molecule has 1 aliphatic rings. The van der Waals surface area contributed by atoms with Gasteiger partial charge in [-0.15, -0.1) is 0 Å². The van der Waals surface area contributed by atoms with Gasteiger partial charge < -0.3 is 5.32 Å². The summed E-state index contributed by atoms with van der Waals surface area (Å²) >= 11 is 6.01. The molecule has 1 heterocycles. The van der Waals surface area contributed by atoms with E-state index in [4.69, 9.17) is 11.6 Å². The van der Waals surface area contributed by atoms with Gasteiger partial charge in [-0.05, 0) is 37.0 Å². The smallest absolute Gasteiger partial charge is 0.237 e. The highest BCUT2D eigenvalue weighted by Crippen LogP contribution is 2.21. The van der Waals surface area contributed by atoms with Crippen molar-refractivity contribution in [2.75, 3.05) is 6.54 Å². The lowest BCUT2D eigenvalue weighted by Crippen LogP contribution is -2.49. The van der Waals surface area contributed by atoms with Gasteiger partial charge in [0.1, 0.15) is 0 Å². The number of halogens is 1. The van der Waals surface area contributed by atoms with E-state index in [1.807, 2.05) is 24.3 Å². The zero-order chi connectivity index (χ0) is 13.0. The summed E-state index contributed by atoms with van der Waals surface area (Å²) in [6.45, 7) is 2.91. The molecule has 98 valence electrons. The van der Waals surface area contributed by atoms with Crippen LogP contribution in [-0.2, 0) is 4.79 Å². The Balaban J connectivity index is 2.07. The molecule has 0 spiro atoms. The molecule has 3 nitrogen and oxygen atoms in total. The van der Waals surface area contributed by atoms with E-state index in [1.165, 1.54) is 0 Å². The maximum absolute atomic E-state index is 11.7. The molecular weight excluding hydrogens is 248 g/mol. The van der Waals surface area contributed by atoms with Crippen molar-refractivity contribution in [3.05, 3.63) is 34.9 Å². The van der Waals surface area contributed by atoms with E-state index in [0.717, 1.165) is 36.4 Å². The van der Waals surface area contributed by atoms with Gasteiger partial charge in [-0.1, -0.05) is 30.7 Å². The summed E-state index contributed by atoms with van der Waals surface area (Å²) in [5, 5.41) is 7.06. The van der Waals surface area contributed by atoms with E-state index < -0.39 is 0 Å². The van der Waals surface area contributed by atoms with Gasteiger partial charge in [0.05, 0.1) is 6.04 Å². The first-order valence-corrected chi connectivity index (χ1v) is 6.87. The Hall–Kier alpha value is -1.06. The summed E-state index contributed by atoms with van der Waals surface area (Å²) in [7, 11) is 0. The molecule has 18 heavy (non-hydrogen) atoms. The van der Waals surface area contributed by atoms with E-state index in [2.05, 4.69) is 17.6 Å². The van der Waals surface area contributed by atoms with Gasteiger partial charge in [0, 0.05) is 17.6 Å². The number of piperidine rings is 1. The van der Waals surface area contributed by atoms with E-state index >= 15 is 0 Å². The Bertz CT molecular complexity index is 422. The minimum absolute atomic E-state index is 0.0809. The Morgan fingerprint density at radius 1 is 1.56 bits per heavy atom. The highest BCUT2D eigenvalue weighted by molar-refractivity contribution is 6.30. The molecule has 2 unspecified atom stereocenters. The average molecular weight is 267 g/mol. The van der Waals surface area contributed by atoms with Gasteiger partial charge in [0.2, 0.25) is 5.91 Å². The zero-order valence-corrected chi connectivity index (χ0v) is 11.3. The summed E-state index contributed by atoms with van der Waals surface area (Å²) in [6.07, 6.45) is 2.88. The van der Waals surface area contributed by atoms with Crippen molar-refractivity contribution in [2.45, 2.75) is 38.3 Å². The van der Waals surface area contributed by atoms with E-state index in [1.54, 1.807) is 0 Å². The summed E-state index contributed by atoms with van der Waals surface area (Å²) < 4.78 is 0. The molecule has 1 fully saturated rings. The van der Waals surface area contributed by atoms with Gasteiger partial charge in [0.25, 0.3) is 0 Å². The Labute approximate surface area is 113 Å². The lowest BCUT2D eigenvalue weighted by molar-refractivity contribution is -0.124. The highest BCUT2D eigenvalue weighted by atomic mass is 35.5. The van der Waals surface area contributed by atoms with Crippen molar-refractivity contribution in [2.24, 2.45) is 0 Å². The highest BCUT2D eigenvalue weighted by Gasteiger charge is 2.24. The molecule has 0 saturated carbocycles. The molecule has 1 aromatic rings. The van der Waals surface area contributed by atoms with E-state index in [9.17, 15) is 4.79 Å². The Morgan fingerprint density at radius 2 is 2.39 bits per heavy atom. The summed E-state index contributed by atoms with van der Waals surface area (Å²) in [5.41, 5.74) is 1.14. The quantitative estimate of drug-likeness (QED) is 0.880. The molecule has 2 atom stereocenters. The van der Waals surface area contributed by atoms with Crippen LogP contribution in [0.25, 0.3) is 0 Å². The standard InChI is InChI=1S/C14H19ClN2O/c1-2-12(10-5-3-6-11(15)9-10)17-13-7-4-8-16-14(13)18/h3,5-6,9,12-13,17H,2,4,7-8H2,1H3,(H,16,18). The second kappa shape index (κ2) is 6.21. The number of carbonyl (C=O) groups excluding carboxylic acids is 1. The maximum Gasteiger partial charge on any atom is 0.237 e. The first-order chi connectivity index (χ1) is 8.70. The number of amides is 1. The molecule has 1 amide bonds. The first-order valence-electron chi connectivity index (χ1n) is 6.50. The SMILES string of the molecule is CCC(NC1CCCNC1=O)c1cccc(Cl)c1. The first kappa shape index (κ1) is 13.4. The van der Waals surface area contributed by atoms with Crippen LogP contribution in [0.15, 0.2) is 24.3 Å². The van der Waals surface area contributed by atoms with Gasteiger partial charge >= 0.3 is 0 Å². The van der Waals surface area contributed by atoms with Crippen molar-refractivity contribution >= 4 is 17.5 Å². The molecule has 0 bridgehead atoms. The lowest BCUT2D eigenvalue weighted by atomic mass is 10.0. The molecule has 0 radical (unpaired) electrons. The van der Waals surface area contributed by atoms with Crippen LogP contribution in [0, 0.1) is 0 Å². The Morgan fingerprint density at radius 3 is 3.06 bits per heavy atom. The van der Waals surface area contributed by atoms with Gasteiger partial charge in [-0.3, -0.25) is 10.1 Å². The third kappa shape index (κ3) is 3.24. The summed E-state index contributed by atoms with van der Waals surface area (Å²) in [4.78, 5) is 11.7. The lowest BCUT2D eigenvalue weighted by Gasteiger charge is -2.27. The average Bonchev–Trinajstić information content (AvgIpc) is 2.38. The van der Waals surface area contributed by atoms with Gasteiger partial charge in [-0.2, -0.15) is 0 Å². The molecular formula is C14H19ClN2O. The minimum atomic E-state index is -0.0809. The van der Waals surface area contributed by atoms with Crippen LogP contribution in [0.5, 0.6) is 0 Å². The van der Waals surface area contributed by atoms with E-state index in [-0.39, 0.29) is 18.0 Å². The minimum Gasteiger partial charge on any atom is -0.355 e. The molecule has 0 aliphatic carbocycles. The van der Waals surface area contributed by atoms with Crippen LogP contribution in [0.3, 0.4) is 0 Å². The fraction of sp³-hybridized carbons (Fsp3) is 0.500. The number of nitrogens with one attached hydrogen (secondary N) is 2. The summed E-state index contributed by atoms with van der Waals surface area (Å²) in [5.74, 6) is 0.113. The van der Waals surface area contributed by atoms with Gasteiger partial charge in [-0.25, -0.2) is 0 Å². The second-order valence-corrected chi connectivity index (χ2v) is 5.10. The predicted octanol–water partition coefficient (Wildman–Crippen LogP) is 2.66. The van der Waals surface area contributed by atoms with Crippen molar-refractivity contribution < 1.29 is 4.79 Å². The van der Waals surface area contributed by atoms with Crippen molar-refractivity contribution in [1.82, 2.24) is 10.6 Å². The molecule has 2 rings (SSSR count). The molecule has 1 aliphatic heterocycles. The third-order valence-electron chi connectivity index (χ3n) is 3.35. The Kier molecular flexibility index (Phi) is 4.61. The van der Waals surface area contributed by atoms with Crippen LogP contribution in [0.4, 0.5) is 0 Å². The molecule has 0 aromatic heterocycles.